The van der Waals surface area contributed by atoms with Crippen molar-refractivity contribution in [2.24, 2.45) is 0 Å². The van der Waals surface area contributed by atoms with Crippen LogP contribution in [-0.2, 0) is 14.9 Å². The van der Waals surface area contributed by atoms with Gasteiger partial charge >= 0.3 is 0 Å². The molecular formula is C16H24N2O4S. The Morgan fingerprint density at radius 3 is 2.39 bits per heavy atom. The Labute approximate surface area is 137 Å². The van der Waals surface area contributed by atoms with E-state index < -0.39 is 15.9 Å². The summed E-state index contributed by atoms with van der Waals surface area (Å²) in [5, 5.41) is 0. The molecular weight excluding hydrogens is 316 g/mol. The van der Waals surface area contributed by atoms with E-state index in [2.05, 4.69) is 5.48 Å². The maximum atomic E-state index is 12.7. The Morgan fingerprint density at radius 1 is 1.22 bits per heavy atom. The Hall–Kier alpha value is -1.44. The molecule has 1 aliphatic carbocycles. The summed E-state index contributed by atoms with van der Waals surface area (Å²) in [5.74, 6) is -0.392. The third-order valence-electron chi connectivity index (χ3n) is 4.19. The molecule has 128 valence electrons. The van der Waals surface area contributed by atoms with Crippen LogP contribution >= 0.6 is 0 Å². The summed E-state index contributed by atoms with van der Waals surface area (Å²) in [6.07, 6.45) is 5.13. The van der Waals surface area contributed by atoms with Gasteiger partial charge in [0.15, 0.2) is 0 Å². The first kappa shape index (κ1) is 17.9. The van der Waals surface area contributed by atoms with Gasteiger partial charge in [-0.25, -0.2) is 13.9 Å². The molecule has 1 amide bonds. The van der Waals surface area contributed by atoms with Gasteiger partial charge in [0.05, 0.1) is 11.5 Å². The van der Waals surface area contributed by atoms with Crippen molar-refractivity contribution in [3.05, 3.63) is 29.8 Å². The van der Waals surface area contributed by atoms with Crippen LogP contribution in [-0.4, -0.2) is 38.3 Å². The van der Waals surface area contributed by atoms with Gasteiger partial charge in [-0.1, -0.05) is 19.3 Å². The van der Waals surface area contributed by atoms with Crippen LogP contribution in [0.25, 0.3) is 0 Å². The number of rotatable bonds is 6. The summed E-state index contributed by atoms with van der Waals surface area (Å²) < 4.78 is 26.8. The summed E-state index contributed by atoms with van der Waals surface area (Å²) in [7, 11) is -1.89. The molecule has 6 nitrogen and oxygen atoms in total. The standard InChI is InChI=1S/C16H24N2O4S/c1-3-22-17-16(19)13-9-11-15(12-10-13)23(20,21)18(2)14-7-5-4-6-8-14/h9-12,14H,3-8H2,1-2H3,(H,17,19). The second-order valence-corrected chi connectivity index (χ2v) is 7.70. The van der Waals surface area contributed by atoms with Gasteiger partial charge in [-0.3, -0.25) is 9.63 Å². The molecule has 23 heavy (non-hydrogen) atoms. The number of benzene rings is 1. The third kappa shape index (κ3) is 4.31. The predicted octanol–water partition coefficient (Wildman–Crippen LogP) is 2.32. The molecule has 0 atom stereocenters. The van der Waals surface area contributed by atoms with Crippen molar-refractivity contribution in [3.8, 4) is 0 Å². The minimum absolute atomic E-state index is 0.0645. The Balaban J connectivity index is 2.12. The van der Waals surface area contributed by atoms with E-state index in [4.69, 9.17) is 4.84 Å². The molecule has 1 aromatic rings. The summed E-state index contributed by atoms with van der Waals surface area (Å²) in [6, 6.07) is 5.99. The number of carbonyl (C=O) groups excluding carboxylic acids is 1. The lowest BCUT2D eigenvalue weighted by molar-refractivity contribution is 0.0364. The normalized spacial score (nSPS) is 16.5. The van der Waals surface area contributed by atoms with E-state index in [0.29, 0.717) is 12.2 Å². The molecule has 1 aliphatic rings. The van der Waals surface area contributed by atoms with Gasteiger partial charge in [0, 0.05) is 18.7 Å². The number of nitrogens with one attached hydrogen (secondary N) is 1. The van der Waals surface area contributed by atoms with Crippen molar-refractivity contribution in [1.82, 2.24) is 9.79 Å². The molecule has 0 heterocycles. The molecule has 7 heteroatoms. The number of sulfonamides is 1. The van der Waals surface area contributed by atoms with Gasteiger partial charge in [0.25, 0.3) is 5.91 Å². The number of carbonyl (C=O) groups is 1. The first-order valence-corrected chi connectivity index (χ1v) is 9.41. The van der Waals surface area contributed by atoms with Gasteiger partial charge < -0.3 is 0 Å². The van der Waals surface area contributed by atoms with E-state index >= 15 is 0 Å². The molecule has 1 fully saturated rings. The summed E-state index contributed by atoms with van der Waals surface area (Å²) >= 11 is 0. The lowest BCUT2D eigenvalue weighted by atomic mass is 9.96. The first-order valence-electron chi connectivity index (χ1n) is 7.97. The number of hydrogen-bond acceptors (Lipinski definition) is 4. The van der Waals surface area contributed by atoms with E-state index in [1.54, 1.807) is 14.0 Å². The number of nitrogens with zero attached hydrogens (tertiary/aromatic N) is 1. The highest BCUT2D eigenvalue weighted by Crippen LogP contribution is 2.26. The van der Waals surface area contributed by atoms with Gasteiger partial charge in [-0.2, -0.15) is 4.31 Å². The lowest BCUT2D eigenvalue weighted by Gasteiger charge is -2.30. The summed E-state index contributed by atoms with van der Waals surface area (Å²) in [5.41, 5.74) is 2.64. The van der Waals surface area contributed by atoms with E-state index in [1.165, 1.54) is 35.0 Å². The van der Waals surface area contributed by atoms with Crippen LogP contribution in [0.5, 0.6) is 0 Å². The fraction of sp³-hybridized carbons (Fsp3) is 0.562. The highest BCUT2D eigenvalue weighted by atomic mass is 32.2. The largest absolute Gasteiger partial charge is 0.274 e. The van der Waals surface area contributed by atoms with Crippen molar-refractivity contribution >= 4 is 15.9 Å². The fourth-order valence-electron chi connectivity index (χ4n) is 2.78. The third-order valence-corrected chi connectivity index (χ3v) is 6.12. The van der Waals surface area contributed by atoms with Crippen molar-refractivity contribution < 1.29 is 18.0 Å². The molecule has 1 N–H and O–H groups in total. The molecule has 2 rings (SSSR count). The first-order chi connectivity index (χ1) is 11.0. The van der Waals surface area contributed by atoms with Crippen LogP contribution in [0.15, 0.2) is 29.2 Å². The van der Waals surface area contributed by atoms with Crippen molar-refractivity contribution in [1.29, 1.82) is 0 Å². The lowest BCUT2D eigenvalue weighted by Crippen LogP contribution is -2.38. The van der Waals surface area contributed by atoms with Gasteiger partial charge in [-0.15, -0.1) is 0 Å². The average Bonchev–Trinajstić information content (AvgIpc) is 2.59. The molecule has 0 unspecified atom stereocenters. The monoisotopic (exact) mass is 340 g/mol. The van der Waals surface area contributed by atoms with Gasteiger partial charge in [-0.05, 0) is 44.0 Å². The molecule has 0 spiro atoms. The molecule has 0 radical (unpaired) electrons. The minimum atomic E-state index is -3.53. The van der Waals surface area contributed by atoms with Crippen LogP contribution in [0.2, 0.25) is 0 Å². The molecule has 1 aromatic carbocycles. The zero-order chi connectivity index (χ0) is 16.9. The number of hydroxylamine groups is 1. The topological polar surface area (TPSA) is 75.7 Å². The Kier molecular flexibility index (Phi) is 6.15. The number of hydrogen-bond donors (Lipinski definition) is 1. The van der Waals surface area contributed by atoms with E-state index in [1.807, 2.05) is 0 Å². The van der Waals surface area contributed by atoms with Crippen LogP contribution in [0.4, 0.5) is 0 Å². The predicted molar refractivity (Wildman–Crippen MR) is 87.4 cm³/mol. The highest BCUT2D eigenvalue weighted by molar-refractivity contribution is 7.89. The van der Waals surface area contributed by atoms with Crippen molar-refractivity contribution in [3.63, 3.8) is 0 Å². The Bertz CT molecular complexity index is 622. The summed E-state index contributed by atoms with van der Waals surface area (Å²) in [4.78, 5) is 16.8. The maximum Gasteiger partial charge on any atom is 0.274 e. The molecule has 0 saturated heterocycles. The zero-order valence-corrected chi connectivity index (χ0v) is 14.4. The summed E-state index contributed by atoms with van der Waals surface area (Å²) in [6.45, 7) is 2.13. The maximum absolute atomic E-state index is 12.7. The van der Waals surface area contributed by atoms with Crippen molar-refractivity contribution in [2.75, 3.05) is 13.7 Å². The van der Waals surface area contributed by atoms with Crippen LogP contribution in [0.1, 0.15) is 49.4 Å². The van der Waals surface area contributed by atoms with Gasteiger partial charge in [0.2, 0.25) is 10.0 Å². The minimum Gasteiger partial charge on any atom is -0.274 e. The molecule has 0 aliphatic heterocycles. The van der Waals surface area contributed by atoms with Crippen LogP contribution in [0, 0.1) is 0 Å². The number of amides is 1. The zero-order valence-electron chi connectivity index (χ0n) is 13.6. The molecule has 1 saturated carbocycles. The molecule has 0 aromatic heterocycles. The SMILES string of the molecule is CCONC(=O)c1ccc(S(=O)(=O)N(C)C2CCCCC2)cc1. The average molecular weight is 340 g/mol. The van der Waals surface area contributed by atoms with Crippen molar-refractivity contribution in [2.45, 2.75) is 50.0 Å². The highest BCUT2D eigenvalue weighted by Gasteiger charge is 2.29. The second-order valence-electron chi connectivity index (χ2n) is 5.70. The van der Waals surface area contributed by atoms with Crippen LogP contribution in [0.3, 0.4) is 0 Å². The van der Waals surface area contributed by atoms with Crippen LogP contribution < -0.4 is 5.48 Å². The van der Waals surface area contributed by atoms with E-state index in [9.17, 15) is 13.2 Å². The molecule has 0 bridgehead atoms. The quantitative estimate of drug-likeness (QED) is 0.807. The van der Waals surface area contributed by atoms with E-state index in [0.717, 1.165) is 25.7 Å². The Morgan fingerprint density at radius 2 is 1.83 bits per heavy atom. The fourth-order valence-corrected chi connectivity index (χ4v) is 4.20. The smallest absolute Gasteiger partial charge is 0.274 e. The second kappa shape index (κ2) is 7.90. The van der Waals surface area contributed by atoms with E-state index in [-0.39, 0.29) is 10.9 Å². The van der Waals surface area contributed by atoms with Gasteiger partial charge in [0.1, 0.15) is 0 Å².